The standard InChI is InChI=1S/C15H27NO2/c17-15(18)8-4-5-11-16(12-13-9-10-13)14-6-2-1-3-7-14/h13-14H,1-12H2,(H,17,18). The number of hydrogen-bond donors (Lipinski definition) is 1. The number of unbranched alkanes of at least 4 members (excludes halogenated alkanes) is 1. The average Bonchev–Trinajstić information content (AvgIpc) is 3.18. The minimum absolute atomic E-state index is 0.335. The molecule has 0 aromatic carbocycles. The van der Waals surface area contributed by atoms with Crippen LogP contribution in [0.15, 0.2) is 0 Å². The Morgan fingerprint density at radius 2 is 1.78 bits per heavy atom. The van der Waals surface area contributed by atoms with E-state index in [4.69, 9.17) is 5.11 Å². The Hall–Kier alpha value is -0.570. The lowest BCUT2D eigenvalue weighted by molar-refractivity contribution is -0.137. The van der Waals surface area contributed by atoms with Gasteiger partial charge >= 0.3 is 5.97 Å². The van der Waals surface area contributed by atoms with Crippen LogP contribution in [0.5, 0.6) is 0 Å². The van der Waals surface area contributed by atoms with E-state index < -0.39 is 5.97 Å². The summed E-state index contributed by atoms with van der Waals surface area (Å²) in [4.78, 5) is 13.2. The van der Waals surface area contributed by atoms with E-state index in [1.807, 2.05) is 0 Å². The van der Waals surface area contributed by atoms with Gasteiger partial charge in [-0.3, -0.25) is 4.79 Å². The normalized spacial score (nSPS) is 21.4. The van der Waals surface area contributed by atoms with Gasteiger partial charge in [0, 0.05) is 19.0 Å². The third-order valence-corrected chi connectivity index (χ3v) is 4.37. The lowest BCUT2D eigenvalue weighted by Gasteiger charge is -2.34. The van der Waals surface area contributed by atoms with Crippen LogP contribution in [0.25, 0.3) is 0 Å². The Morgan fingerprint density at radius 1 is 1.06 bits per heavy atom. The monoisotopic (exact) mass is 253 g/mol. The van der Waals surface area contributed by atoms with Crippen molar-refractivity contribution in [2.75, 3.05) is 13.1 Å². The van der Waals surface area contributed by atoms with Gasteiger partial charge in [0.2, 0.25) is 0 Å². The molecule has 0 atom stereocenters. The molecule has 104 valence electrons. The first-order valence-electron chi connectivity index (χ1n) is 7.71. The van der Waals surface area contributed by atoms with Gasteiger partial charge in [0.1, 0.15) is 0 Å². The van der Waals surface area contributed by atoms with Gasteiger partial charge in [-0.25, -0.2) is 0 Å². The zero-order valence-corrected chi connectivity index (χ0v) is 11.4. The maximum Gasteiger partial charge on any atom is 0.303 e. The molecule has 3 heteroatoms. The summed E-state index contributed by atoms with van der Waals surface area (Å²) in [5, 5.41) is 8.67. The van der Waals surface area contributed by atoms with E-state index in [9.17, 15) is 4.79 Å². The van der Waals surface area contributed by atoms with Gasteiger partial charge < -0.3 is 10.0 Å². The van der Waals surface area contributed by atoms with Gasteiger partial charge in [-0.15, -0.1) is 0 Å². The largest absolute Gasteiger partial charge is 0.481 e. The molecule has 0 unspecified atom stereocenters. The molecule has 0 aliphatic heterocycles. The Balaban J connectivity index is 1.70. The summed E-state index contributed by atoms with van der Waals surface area (Å²) in [5.74, 6) is 0.299. The predicted molar refractivity (Wildman–Crippen MR) is 72.7 cm³/mol. The van der Waals surface area contributed by atoms with Gasteiger partial charge in [0.25, 0.3) is 0 Å². The molecule has 0 spiro atoms. The first-order chi connectivity index (χ1) is 8.75. The molecule has 2 aliphatic rings. The Bertz CT molecular complexity index is 257. The second kappa shape index (κ2) is 7.13. The topological polar surface area (TPSA) is 40.5 Å². The molecule has 0 aromatic rings. The Kier molecular flexibility index (Phi) is 5.48. The zero-order chi connectivity index (χ0) is 12.8. The van der Waals surface area contributed by atoms with E-state index in [0.717, 1.165) is 31.3 Å². The summed E-state index contributed by atoms with van der Waals surface area (Å²) in [5.41, 5.74) is 0. The molecule has 2 fully saturated rings. The number of hydrogen-bond acceptors (Lipinski definition) is 2. The van der Waals surface area contributed by atoms with E-state index in [1.54, 1.807) is 0 Å². The number of carboxylic acid groups (broad SMARTS) is 1. The van der Waals surface area contributed by atoms with Crippen molar-refractivity contribution in [1.82, 2.24) is 4.90 Å². The Labute approximate surface area is 111 Å². The van der Waals surface area contributed by atoms with Gasteiger partial charge in [-0.1, -0.05) is 19.3 Å². The summed E-state index contributed by atoms with van der Waals surface area (Å²) in [6.07, 6.45) is 12.0. The third kappa shape index (κ3) is 4.97. The van der Waals surface area contributed by atoms with E-state index in [-0.39, 0.29) is 0 Å². The molecular formula is C15H27NO2. The van der Waals surface area contributed by atoms with E-state index >= 15 is 0 Å². The number of carboxylic acids is 1. The summed E-state index contributed by atoms with van der Waals surface area (Å²) < 4.78 is 0. The van der Waals surface area contributed by atoms with Gasteiger partial charge in [-0.2, -0.15) is 0 Å². The fraction of sp³-hybridized carbons (Fsp3) is 0.933. The zero-order valence-electron chi connectivity index (χ0n) is 11.4. The summed E-state index contributed by atoms with van der Waals surface area (Å²) in [6, 6.07) is 0.796. The number of carbonyl (C=O) groups is 1. The van der Waals surface area contributed by atoms with Gasteiger partial charge in [-0.05, 0) is 51.0 Å². The highest BCUT2D eigenvalue weighted by molar-refractivity contribution is 5.66. The van der Waals surface area contributed by atoms with Crippen molar-refractivity contribution in [3.05, 3.63) is 0 Å². The smallest absolute Gasteiger partial charge is 0.303 e. The minimum atomic E-state index is -0.651. The molecular weight excluding hydrogens is 226 g/mol. The van der Waals surface area contributed by atoms with Gasteiger partial charge in [0.15, 0.2) is 0 Å². The number of rotatable bonds is 8. The van der Waals surface area contributed by atoms with Crippen LogP contribution in [0, 0.1) is 5.92 Å². The molecule has 0 amide bonds. The molecule has 2 aliphatic carbocycles. The van der Waals surface area contributed by atoms with Crippen molar-refractivity contribution in [2.24, 2.45) is 5.92 Å². The van der Waals surface area contributed by atoms with E-state index in [0.29, 0.717) is 6.42 Å². The fourth-order valence-electron chi connectivity index (χ4n) is 3.09. The number of nitrogens with zero attached hydrogens (tertiary/aromatic N) is 1. The van der Waals surface area contributed by atoms with Crippen molar-refractivity contribution in [2.45, 2.75) is 70.3 Å². The van der Waals surface area contributed by atoms with Crippen molar-refractivity contribution in [3.8, 4) is 0 Å². The van der Waals surface area contributed by atoms with Crippen LogP contribution in [0.1, 0.15) is 64.2 Å². The van der Waals surface area contributed by atoms with Crippen LogP contribution in [0.2, 0.25) is 0 Å². The molecule has 0 heterocycles. The molecule has 2 saturated carbocycles. The average molecular weight is 253 g/mol. The quantitative estimate of drug-likeness (QED) is 0.675. The highest BCUT2D eigenvalue weighted by atomic mass is 16.4. The van der Waals surface area contributed by atoms with Crippen LogP contribution in [0.3, 0.4) is 0 Å². The van der Waals surface area contributed by atoms with Crippen molar-refractivity contribution in [1.29, 1.82) is 0 Å². The molecule has 3 nitrogen and oxygen atoms in total. The van der Waals surface area contributed by atoms with E-state index in [1.165, 1.54) is 51.5 Å². The van der Waals surface area contributed by atoms with Crippen molar-refractivity contribution >= 4 is 5.97 Å². The first-order valence-corrected chi connectivity index (χ1v) is 7.71. The predicted octanol–water partition coefficient (Wildman–Crippen LogP) is 3.29. The molecule has 2 rings (SSSR count). The first kappa shape index (κ1) is 13.9. The number of aliphatic carboxylic acids is 1. The molecule has 18 heavy (non-hydrogen) atoms. The minimum Gasteiger partial charge on any atom is -0.481 e. The van der Waals surface area contributed by atoms with Crippen LogP contribution in [0.4, 0.5) is 0 Å². The van der Waals surface area contributed by atoms with Gasteiger partial charge in [0.05, 0.1) is 0 Å². The SMILES string of the molecule is O=C(O)CCCCN(CC1CC1)C1CCCCC1. The van der Waals surface area contributed by atoms with Crippen LogP contribution in [-0.4, -0.2) is 35.1 Å². The second-order valence-electron chi connectivity index (χ2n) is 6.08. The van der Waals surface area contributed by atoms with Crippen LogP contribution >= 0.6 is 0 Å². The lowest BCUT2D eigenvalue weighted by atomic mass is 9.93. The highest BCUT2D eigenvalue weighted by Gasteiger charge is 2.28. The maximum absolute atomic E-state index is 10.5. The summed E-state index contributed by atoms with van der Waals surface area (Å²) in [7, 11) is 0. The molecule has 0 aromatic heterocycles. The van der Waals surface area contributed by atoms with Crippen molar-refractivity contribution in [3.63, 3.8) is 0 Å². The highest BCUT2D eigenvalue weighted by Crippen LogP contribution is 2.32. The van der Waals surface area contributed by atoms with Crippen molar-refractivity contribution < 1.29 is 9.90 Å². The molecule has 0 saturated heterocycles. The van der Waals surface area contributed by atoms with E-state index in [2.05, 4.69) is 4.90 Å². The third-order valence-electron chi connectivity index (χ3n) is 4.37. The summed E-state index contributed by atoms with van der Waals surface area (Å²) in [6.45, 7) is 2.40. The molecule has 0 radical (unpaired) electrons. The molecule has 0 bridgehead atoms. The van der Waals surface area contributed by atoms with Crippen LogP contribution in [-0.2, 0) is 4.79 Å². The second-order valence-corrected chi connectivity index (χ2v) is 6.08. The fourth-order valence-corrected chi connectivity index (χ4v) is 3.09. The maximum atomic E-state index is 10.5. The molecule has 1 N–H and O–H groups in total. The lowest BCUT2D eigenvalue weighted by Crippen LogP contribution is -2.39. The summed E-state index contributed by atoms with van der Waals surface area (Å²) >= 11 is 0. The Morgan fingerprint density at radius 3 is 2.39 bits per heavy atom. The van der Waals surface area contributed by atoms with Crippen LogP contribution < -0.4 is 0 Å².